The molecule has 3 aliphatic heterocycles. The summed E-state index contributed by atoms with van der Waals surface area (Å²) in [5.74, 6) is 1.75. The fourth-order valence-corrected chi connectivity index (χ4v) is 7.79. The number of fused-ring (bicyclic) bond motifs is 4. The zero-order valence-corrected chi connectivity index (χ0v) is 25.3. The summed E-state index contributed by atoms with van der Waals surface area (Å²) >= 11 is 1.50. The summed E-state index contributed by atoms with van der Waals surface area (Å²) in [7, 11) is 5.26. The molecule has 1 aromatic carbocycles. The van der Waals surface area contributed by atoms with Gasteiger partial charge in [0.25, 0.3) is 0 Å². The zero-order valence-electron chi connectivity index (χ0n) is 24.5. The third kappa shape index (κ3) is 4.37. The van der Waals surface area contributed by atoms with Crippen LogP contribution in [0, 0.1) is 13.8 Å². The molecule has 1 spiro atoms. The van der Waals surface area contributed by atoms with Crippen molar-refractivity contribution in [1.29, 1.82) is 0 Å². The van der Waals surface area contributed by atoms with E-state index in [0.29, 0.717) is 6.54 Å². The van der Waals surface area contributed by atoms with Gasteiger partial charge in [0.1, 0.15) is 16.3 Å². The highest BCUT2D eigenvalue weighted by Gasteiger charge is 2.54. The summed E-state index contributed by atoms with van der Waals surface area (Å²) in [4.78, 5) is 30.0. The van der Waals surface area contributed by atoms with E-state index in [1.807, 2.05) is 42.6 Å². The van der Waals surface area contributed by atoms with Crippen LogP contribution in [0.1, 0.15) is 64.7 Å². The van der Waals surface area contributed by atoms with Crippen molar-refractivity contribution >= 4 is 33.9 Å². The first-order chi connectivity index (χ1) is 19.2. The number of aromatic nitrogens is 2. The van der Waals surface area contributed by atoms with E-state index in [2.05, 4.69) is 35.2 Å². The van der Waals surface area contributed by atoms with E-state index < -0.39 is 0 Å². The molecule has 1 N–H and O–H groups in total. The first-order valence-electron chi connectivity index (χ1n) is 13.9. The molecule has 2 amide bonds. The van der Waals surface area contributed by atoms with Crippen molar-refractivity contribution < 1.29 is 19.1 Å². The Labute approximate surface area is 239 Å². The lowest BCUT2D eigenvalue weighted by Gasteiger charge is -2.41. The summed E-state index contributed by atoms with van der Waals surface area (Å²) in [6, 6.07) is 4.10. The predicted molar refractivity (Wildman–Crippen MR) is 158 cm³/mol. The predicted octanol–water partition coefficient (Wildman–Crippen LogP) is 5.15. The van der Waals surface area contributed by atoms with Gasteiger partial charge >= 0.3 is 6.03 Å². The van der Waals surface area contributed by atoms with Gasteiger partial charge in [0.15, 0.2) is 6.29 Å². The van der Waals surface area contributed by atoms with E-state index in [4.69, 9.17) is 9.47 Å². The maximum Gasteiger partial charge on any atom is 0.325 e. The van der Waals surface area contributed by atoms with E-state index in [1.54, 1.807) is 14.2 Å². The Hall–Kier alpha value is -3.37. The first kappa shape index (κ1) is 28.2. The van der Waals surface area contributed by atoms with Crippen molar-refractivity contribution in [3.05, 3.63) is 51.2 Å². The highest BCUT2D eigenvalue weighted by molar-refractivity contribution is 7.20. The van der Waals surface area contributed by atoms with Crippen LogP contribution in [-0.2, 0) is 13.6 Å². The van der Waals surface area contributed by atoms with Gasteiger partial charge in [-0.25, -0.2) is 4.79 Å². The van der Waals surface area contributed by atoms with Gasteiger partial charge in [0.2, 0.25) is 0 Å². The number of methoxy groups -OCH3 is 2. The fourth-order valence-electron chi connectivity index (χ4n) is 6.71. The Bertz CT molecular complexity index is 1480. The SMILES string of the molecule is CCN1C(=O)N2Cc3cc(OC)cc(OC)c3[C@@H](C)C=C2C12CCNCC2.Cc1nn(C)c2sc(C=O)c(C)c12. The smallest absolute Gasteiger partial charge is 0.325 e. The number of likely N-dealkylation sites (N-methyl/N-ethyl adjacent to an activating group) is 1. The number of piperidine rings is 1. The minimum Gasteiger partial charge on any atom is -0.497 e. The van der Waals surface area contributed by atoms with E-state index in [-0.39, 0.29) is 17.5 Å². The molecule has 3 aliphatic rings. The Balaban J connectivity index is 0.000000207. The maximum atomic E-state index is 13.4. The largest absolute Gasteiger partial charge is 0.497 e. The lowest BCUT2D eigenvalue weighted by atomic mass is 9.82. The maximum absolute atomic E-state index is 13.4. The van der Waals surface area contributed by atoms with Crippen LogP contribution >= 0.6 is 11.3 Å². The normalized spacial score (nSPS) is 19.5. The molecule has 0 bridgehead atoms. The van der Waals surface area contributed by atoms with Crippen LogP contribution in [0.5, 0.6) is 11.5 Å². The van der Waals surface area contributed by atoms with Crippen LogP contribution in [0.4, 0.5) is 4.79 Å². The molecule has 40 heavy (non-hydrogen) atoms. The van der Waals surface area contributed by atoms with Crippen molar-refractivity contribution in [2.24, 2.45) is 7.05 Å². The number of carbonyl (C=O) groups excluding carboxylic acids is 2. The molecule has 2 fully saturated rings. The lowest BCUT2D eigenvalue weighted by Crippen LogP contribution is -2.52. The van der Waals surface area contributed by atoms with Crippen LogP contribution in [0.25, 0.3) is 10.2 Å². The van der Waals surface area contributed by atoms with Crippen LogP contribution in [0.15, 0.2) is 23.9 Å². The third-order valence-electron chi connectivity index (χ3n) is 8.57. The highest BCUT2D eigenvalue weighted by Crippen LogP contribution is 2.48. The molecule has 9 nitrogen and oxygen atoms in total. The molecule has 0 saturated carbocycles. The number of hydrogen-bond donors (Lipinski definition) is 1. The molecular formula is C30H39N5O4S. The number of ether oxygens (including phenoxy) is 2. The molecule has 1 atom stereocenters. The van der Waals surface area contributed by atoms with Crippen LogP contribution in [-0.4, -0.2) is 71.3 Å². The number of benzene rings is 1. The summed E-state index contributed by atoms with van der Waals surface area (Å²) in [6.07, 6.45) is 5.12. The fraction of sp³-hybridized carbons (Fsp3) is 0.500. The Kier molecular flexibility index (Phi) is 7.67. The van der Waals surface area contributed by atoms with Crippen molar-refractivity contribution in [2.75, 3.05) is 33.9 Å². The number of aryl methyl sites for hydroxylation is 3. The molecule has 2 saturated heterocycles. The molecular weight excluding hydrogens is 526 g/mol. The highest BCUT2D eigenvalue weighted by atomic mass is 32.1. The van der Waals surface area contributed by atoms with Gasteiger partial charge < -0.3 is 19.7 Å². The summed E-state index contributed by atoms with van der Waals surface area (Å²) in [5.41, 5.74) is 5.28. The van der Waals surface area contributed by atoms with Crippen molar-refractivity contribution in [1.82, 2.24) is 24.9 Å². The molecule has 0 unspecified atom stereocenters. The molecule has 0 radical (unpaired) electrons. The molecule has 2 aromatic heterocycles. The summed E-state index contributed by atoms with van der Waals surface area (Å²) < 4.78 is 13.0. The number of urea groups is 1. The number of carbonyl (C=O) groups is 2. The number of nitrogens with one attached hydrogen (secondary N) is 1. The molecule has 10 heteroatoms. The van der Waals surface area contributed by atoms with E-state index >= 15 is 0 Å². The first-order valence-corrected chi connectivity index (χ1v) is 14.7. The molecule has 214 valence electrons. The minimum absolute atomic E-state index is 0.118. The van der Waals surface area contributed by atoms with Gasteiger partial charge in [-0.05, 0) is 63.9 Å². The van der Waals surface area contributed by atoms with Gasteiger partial charge in [-0.15, -0.1) is 11.3 Å². The Morgan fingerprint density at radius 2 is 1.93 bits per heavy atom. The second kappa shape index (κ2) is 10.9. The van der Waals surface area contributed by atoms with Crippen LogP contribution in [0.2, 0.25) is 0 Å². The summed E-state index contributed by atoms with van der Waals surface area (Å²) in [6.45, 7) is 11.4. The number of thiophene rings is 1. The Morgan fingerprint density at radius 1 is 1.20 bits per heavy atom. The van der Waals surface area contributed by atoms with Gasteiger partial charge in [-0.2, -0.15) is 5.10 Å². The average molecular weight is 566 g/mol. The standard InChI is InChI=1S/C21H29N3O3.C9H10N2OS/c1-5-24-20(25)23-13-15-11-16(26-3)12-17(27-4)19(15)14(2)10-18(23)21(24)6-8-22-9-7-21;1-5-7(4-12)13-9-8(5)6(2)10-11(9)3/h10-12,14,22H,5-9,13H2,1-4H3;4H,1-3H3/t14-;/m0./s1. The molecule has 0 aliphatic carbocycles. The van der Waals surface area contributed by atoms with E-state index in [0.717, 1.165) is 87.7 Å². The number of nitrogens with zero attached hydrogens (tertiary/aromatic N) is 4. The minimum atomic E-state index is -0.190. The molecule has 3 aromatic rings. The van der Waals surface area contributed by atoms with Gasteiger partial charge in [0, 0.05) is 42.2 Å². The quantitative estimate of drug-likeness (QED) is 0.441. The molecule has 5 heterocycles. The van der Waals surface area contributed by atoms with E-state index in [1.165, 1.54) is 17.0 Å². The number of hydrogen-bond acceptors (Lipinski definition) is 7. The second-order valence-electron chi connectivity index (χ2n) is 10.7. The van der Waals surface area contributed by atoms with Crippen molar-refractivity contribution in [3.63, 3.8) is 0 Å². The topological polar surface area (TPSA) is 88.9 Å². The van der Waals surface area contributed by atoms with E-state index in [9.17, 15) is 9.59 Å². The second-order valence-corrected chi connectivity index (χ2v) is 11.8. The van der Waals surface area contributed by atoms with Crippen LogP contribution in [0.3, 0.4) is 0 Å². The average Bonchev–Trinajstić information content (AvgIpc) is 3.46. The number of aldehydes is 1. The molecule has 6 rings (SSSR count). The monoisotopic (exact) mass is 565 g/mol. The van der Waals surface area contributed by atoms with Gasteiger partial charge in [-0.1, -0.05) is 13.0 Å². The number of amides is 2. The number of rotatable bonds is 4. The lowest BCUT2D eigenvalue weighted by molar-refractivity contribution is 0.112. The summed E-state index contributed by atoms with van der Waals surface area (Å²) in [5, 5.41) is 8.88. The van der Waals surface area contributed by atoms with Gasteiger partial charge in [-0.3, -0.25) is 14.4 Å². The Morgan fingerprint density at radius 3 is 2.52 bits per heavy atom. The third-order valence-corrected chi connectivity index (χ3v) is 9.85. The zero-order chi connectivity index (χ0) is 28.8. The van der Waals surface area contributed by atoms with Crippen molar-refractivity contribution in [3.8, 4) is 11.5 Å². The van der Waals surface area contributed by atoms with Gasteiger partial charge in [0.05, 0.1) is 36.9 Å². The van der Waals surface area contributed by atoms with Crippen molar-refractivity contribution in [2.45, 2.75) is 58.5 Å². The number of allylic oxidation sites excluding steroid dienone is 1. The van der Waals surface area contributed by atoms with Crippen LogP contribution < -0.4 is 14.8 Å².